The summed E-state index contributed by atoms with van der Waals surface area (Å²) in [5.41, 5.74) is 8.48. The molecule has 2 aromatic rings. The highest BCUT2D eigenvalue weighted by Gasteiger charge is 2.29. The third-order valence-corrected chi connectivity index (χ3v) is 4.64. The van der Waals surface area contributed by atoms with Crippen LogP contribution >= 0.6 is 0 Å². The largest absolute Gasteiger partial charge is 0.491 e. The van der Waals surface area contributed by atoms with Crippen molar-refractivity contribution in [2.45, 2.75) is 25.4 Å². The van der Waals surface area contributed by atoms with Crippen LogP contribution in [0.25, 0.3) is 0 Å². The molecule has 0 saturated heterocycles. The lowest BCUT2D eigenvalue weighted by atomic mass is 9.89. The van der Waals surface area contributed by atoms with Gasteiger partial charge < -0.3 is 20.5 Å². The Balaban J connectivity index is 1.65. The van der Waals surface area contributed by atoms with E-state index >= 15 is 0 Å². The van der Waals surface area contributed by atoms with Crippen molar-refractivity contribution in [2.24, 2.45) is 5.73 Å². The third-order valence-electron chi connectivity index (χ3n) is 4.64. The maximum absolute atomic E-state index is 11.7. The van der Waals surface area contributed by atoms with Crippen LogP contribution in [-0.4, -0.2) is 36.8 Å². The highest BCUT2D eigenvalue weighted by molar-refractivity contribution is 5.85. The number of amides is 1. The number of anilines is 1. The van der Waals surface area contributed by atoms with E-state index in [-0.39, 0.29) is 18.4 Å². The number of fused-ring (bicyclic) bond motifs is 1. The number of aliphatic hydroxyl groups is 1. The number of hydrogen-bond donors (Lipinski definition) is 2. The van der Waals surface area contributed by atoms with Crippen molar-refractivity contribution in [3.8, 4) is 5.75 Å². The van der Waals surface area contributed by atoms with Gasteiger partial charge in [0, 0.05) is 18.8 Å². The first kappa shape index (κ1) is 17.3. The molecule has 1 heterocycles. The minimum atomic E-state index is -0.627. The van der Waals surface area contributed by atoms with Gasteiger partial charge in [0.05, 0.1) is 5.92 Å². The summed E-state index contributed by atoms with van der Waals surface area (Å²) in [6.45, 7) is 3.34. The molecule has 3 rings (SSSR count). The van der Waals surface area contributed by atoms with Crippen LogP contribution in [0, 0.1) is 6.92 Å². The zero-order valence-electron chi connectivity index (χ0n) is 14.4. The van der Waals surface area contributed by atoms with Crippen LogP contribution in [0.5, 0.6) is 5.75 Å². The molecule has 132 valence electrons. The molecular formula is C20H24N2O3. The van der Waals surface area contributed by atoms with Gasteiger partial charge in [0.1, 0.15) is 18.5 Å². The number of nitrogens with zero attached hydrogens (tertiary/aromatic N) is 1. The zero-order valence-corrected chi connectivity index (χ0v) is 14.4. The first-order chi connectivity index (χ1) is 12.1. The molecular weight excluding hydrogens is 316 g/mol. The molecule has 0 radical (unpaired) electrons. The summed E-state index contributed by atoms with van der Waals surface area (Å²) in [4.78, 5) is 13.8. The average molecular weight is 340 g/mol. The molecule has 25 heavy (non-hydrogen) atoms. The number of primary amides is 1. The number of ether oxygens (including phenoxy) is 1. The number of rotatable bonds is 6. The second-order valence-corrected chi connectivity index (χ2v) is 6.48. The Morgan fingerprint density at radius 2 is 2.00 bits per heavy atom. The average Bonchev–Trinajstić information content (AvgIpc) is 2.61. The molecule has 1 aliphatic rings. The van der Waals surface area contributed by atoms with Crippen molar-refractivity contribution in [3.05, 3.63) is 59.7 Å². The van der Waals surface area contributed by atoms with Crippen LogP contribution in [0.3, 0.4) is 0 Å². The molecule has 0 bridgehead atoms. The number of aryl methyl sites for hydroxylation is 1. The van der Waals surface area contributed by atoms with Crippen LogP contribution in [0.2, 0.25) is 0 Å². The molecule has 2 aromatic carbocycles. The third kappa shape index (κ3) is 3.94. The summed E-state index contributed by atoms with van der Waals surface area (Å²) in [5.74, 6) is 0.234. The molecule has 0 fully saturated rings. The molecule has 3 N–H and O–H groups in total. The summed E-state index contributed by atoms with van der Waals surface area (Å²) < 4.78 is 5.74. The van der Waals surface area contributed by atoms with Crippen molar-refractivity contribution in [1.29, 1.82) is 0 Å². The van der Waals surface area contributed by atoms with E-state index in [0.29, 0.717) is 19.5 Å². The predicted octanol–water partition coefficient (Wildman–Crippen LogP) is 2.21. The minimum absolute atomic E-state index is 0.225. The zero-order chi connectivity index (χ0) is 17.8. The number of β-amino-alcohol motifs (C(OH)–C–C–N with tert-alkyl or cyclic N) is 1. The minimum Gasteiger partial charge on any atom is -0.491 e. The Hall–Kier alpha value is -2.53. The van der Waals surface area contributed by atoms with Crippen LogP contribution in [0.4, 0.5) is 5.69 Å². The fourth-order valence-corrected chi connectivity index (χ4v) is 3.33. The number of para-hydroxylation sites is 2. The van der Waals surface area contributed by atoms with E-state index in [1.165, 1.54) is 0 Å². The van der Waals surface area contributed by atoms with Crippen molar-refractivity contribution in [2.75, 3.05) is 24.6 Å². The summed E-state index contributed by atoms with van der Waals surface area (Å²) in [6, 6.07) is 15.5. The van der Waals surface area contributed by atoms with E-state index in [1.807, 2.05) is 55.5 Å². The predicted molar refractivity (Wildman–Crippen MR) is 97.9 cm³/mol. The van der Waals surface area contributed by atoms with Crippen molar-refractivity contribution < 1.29 is 14.6 Å². The van der Waals surface area contributed by atoms with Crippen LogP contribution in [0.15, 0.2) is 48.5 Å². The second-order valence-electron chi connectivity index (χ2n) is 6.48. The molecule has 2 atom stereocenters. The van der Waals surface area contributed by atoms with Gasteiger partial charge in [0.2, 0.25) is 5.91 Å². The number of benzene rings is 2. The molecule has 0 aliphatic carbocycles. The number of aliphatic hydroxyl groups excluding tert-OH is 1. The van der Waals surface area contributed by atoms with Crippen LogP contribution in [0.1, 0.15) is 23.5 Å². The highest BCUT2D eigenvalue weighted by Crippen LogP contribution is 2.35. The van der Waals surface area contributed by atoms with Gasteiger partial charge in [-0.1, -0.05) is 36.4 Å². The molecule has 1 amide bonds. The molecule has 2 unspecified atom stereocenters. The maximum Gasteiger partial charge on any atom is 0.225 e. The quantitative estimate of drug-likeness (QED) is 0.845. The Morgan fingerprint density at radius 3 is 2.76 bits per heavy atom. The number of carbonyl (C=O) groups excluding carboxylic acids is 1. The number of nitrogens with two attached hydrogens (primary N) is 1. The first-order valence-corrected chi connectivity index (χ1v) is 8.56. The van der Waals surface area contributed by atoms with E-state index < -0.39 is 6.10 Å². The second kappa shape index (κ2) is 7.57. The van der Waals surface area contributed by atoms with E-state index in [4.69, 9.17) is 10.5 Å². The summed E-state index contributed by atoms with van der Waals surface area (Å²) in [6.07, 6.45) is 0.0374. The van der Waals surface area contributed by atoms with E-state index in [1.54, 1.807) is 0 Å². The summed E-state index contributed by atoms with van der Waals surface area (Å²) in [5, 5.41) is 10.4. The molecule has 0 aromatic heterocycles. The fraction of sp³-hybridized carbons (Fsp3) is 0.350. The van der Waals surface area contributed by atoms with Gasteiger partial charge in [-0.05, 0) is 36.6 Å². The lowest BCUT2D eigenvalue weighted by Crippen LogP contribution is -2.41. The first-order valence-electron chi connectivity index (χ1n) is 8.56. The Bertz CT molecular complexity index is 747. The SMILES string of the molecule is Cc1ccccc1OCC(O)CN1CCC(C(N)=O)c2ccccc21. The molecule has 0 saturated carbocycles. The van der Waals surface area contributed by atoms with Crippen molar-refractivity contribution in [3.63, 3.8) is 0 Å². The fourth-order valence-electron chi connectivity index (χ4n) is 3.33. The highest BCUT2D eigenvalue weighted by atomic mass is 16.5. The van der Waals surface area contributed by atoms with Gasteiger partial charge in [0.15, 0.2) is 0 Å². The number of carbonyl (C=O) groups is 1. The standard InChI is InChI=1S/C20H24N2O3/c1-14-6-2-5-9-19(14)25-13-15(23)12-22-11-10-17(20(21)24)16-7-3-4-8-18(16)22/h2-9,15,17,23H,10-13H2,1H3,(H2,21,24). The van der Waals surface area contributed by atoms with Gasteiger partial charge >= 0.3 is 0 Å². The smallest absolute Gasteiger partial charge is 0.225 e. The molecule has 5 heteroatoms. The maximum atomic E-state index is 11.7. The van der Waals surface area contributed by atoms with E-state index in [9.17, 15) is 9.90 Å². The number of hydrogen-bond acceptors (Lipinski definition) is 4. The monoisotopic (exact) mass is 340 g/mol. The topological polar surface area (TPSA) is 75.8 Å². The lowest BCUT2D eigenvalue weighted by Gasteiger charge is -2.35. The van der Waals surface area contributed by atoms with Gasteiger partial charge in [0.25, 0.3) is 0 Å². The van der Waals surface area contributed by atoms with Crippen LogP contribution < -0.4 is 15.4 Å². The Kier molecular flexibility index (Phi) is 5.24. The normalized spacial score (nSPS) is 17.7. The van der Waals surface area contributed by atoms with E-state index in [0.717, 1.165) is 22.6 Å². The van der Waals surface area contributed by atoms with Gasteiger partial charge in [-0.15, -0.1) is 0 Å². The van der Waals surface area contributed by atoms with Gasteiger partial charge in [-0.2, -0.15) is 0 Å². The summed E-state index contributed by atoms with van der Waals surface area (Å²) in [7, 11) is 0. The van der Waals surface area contributed by atoms with Crippen molar-refractivity contribution in [1.82, 2.24) is 0 Å². The van der Waals surface area contributed by atoms with Crippen molar-refractivity contribution >= 4 is 11.6 Å². The molecule has 5 nitrogen and oxygen atoms in total. The lowest BCUT2D eigenvalue weighted by molar-refractivity contribution is -0.119. The van der Waals surface area contributed by atoms with Crippen LogP contribution in [-0.2, 0) is 4.79 Å². The van der Waals surface area contributed by atoms with Gasteiger partial charge in [-0.25, -0.2) is 0 Å². The van der Waals surface area contributed by atoms with Gasteiger partial charge in [-0.3, -0.25) is 4.79 Å². The Morgan fingerprint density at radius 1 is 1.28 bits per heavy atom. The van der Waals surface area contributed by atoms with E-state index in [2.05, 4.69) is 4.90 Å². The molecule has 1 aliphatic heterocycles. The molecule has 0 spiro atoms. The summed E-state index contributed by atoms with van der Waals surface area (Å²) >= 11 is 0. The Labute approximate surface area is 148 Å².